The molecule has 0 atom stereocenters. The molecule has 0 N–H and O–H groups in total. The van der Waals surface area contributed by atoms with Crippen LogP contribution in [0.5, 0.6) is 0 Å². The SMILES string of the molecule is Cc1ccc2sc(N(Cc3ccccc3)C(=O)C3CCN(c4ccc5nnnn5n4)CC3)nc2c1C. The van der Waals surface area contributed by atoms with Gasteiger partial charge < -0.3 is 4.90 Å². The number of fused-ring (bicyclic) bond motifs is 2. The molecule has 10 heteroatoms. The number of benzene rings is 2. The van der Waals surface area contributed by atoms with Gasteiger partial charge in [-0.15, -0.1) is 14.8 Å². The number of hydrogen-bond acceptors (Lipinski definition) is 8. The first-order valence-corrected chi connectivity index (χ1v) is 12.9. The predicted molar refractivity (Wildman–Crippen MR) is 140 cm³/mol. The minimum Gasteiger partial charge on any atom is -0.355 e. The molecule has 9 nitrogen and oxygen atoms in total. The van der Waals surface area contributed by atoms with E-state index in [1.165, 1.54) is 15.8 Å². The lowest BCUT2D eigenvalue weighted by Gasteiger charge is -2.34. The highest BCUT2D eigenvalue weighted by Crippen LogP contribution is 2.34. The Hall–Kier alpha value is -3.92. The maximum atomic E-state index is 13.9. The predicted octanol–water partition coefficient (Wildman–Crippen LogP) is 4.20. The Morgan fingerprint density at radius 3 is 2.67 bits per heavy atom. The van der Waals surface area contributed by atoms with Gasteiger partial charge in [-0.25, -0.2) is 4.98 Å². The van der Waals surface area contributed by atoms with Crippen LogP contribution in [0.25, 0.3) is 15.9 Å². The Balaban J connectivity index is 1.25. The number of carbonyl (C=O) groups is 1. The summed E-state index contributed by atoms with van der Waals surface area (Å²) in [6.45, 7) is 6.19. The molecule has 182 valence electrons. The van der Waals surface area contributed by atoms with Gasteiger partial charge in [-0.3, -0.25) is 9.69 Å². The van der Waals surface area contributed by atoms with Gasteiger partial charge in [-0.2, -0.15) is 0 Å². The molecule has 1 aliphatic rings. The fourth-order valence-electron chi connectivity index (χ4n) is 4.72. The normalized spacial score (nSPS) is 14.6. The molecule has 4 heterocycles. The van der Waals surface area contributed by atoms with Crippen LogP contribution in [0.15, 0.2) is 54.6 Å². The van der Waals surface area contributed by atoms with Crippen molar-refractivity contribution in [1.82, 2.24) is 30.2 Å². The van der Waals surface area contributed by atoms with Crippen molar-refractivity contribution in [1.29, 1.82) is 0 Å². The number of carbonyl (C=O) groups excluding carboxylic acids is 1. The van der Waals surface area contributed by atoms with Crippen molar-refractivity contribution >= 4 is 44.1 Å². The van der Waals surface area contributed by atoms with E-state index in [1.807, 2.05) is 35.2 Å². The van der Waals surface area contributed by atoms with Crippen LogP contribution in [0.2, 0.25) is 0 Å². The number of rotatable bonds is 5. The second-order valence-electron chi connectivity index (χ2n) is 9.24. The third kappa shape index (κ3) is 4.17. The minimum absolute atomic E-state index is 0.0726. The van der Waals surface area contributed by atoms with E-state index >= 15 is 0 Å². The van der Waals surface area contributed by atoms with Gasteiger partial charge >= 0.3 is 0 Å². The monoisotopic (exact) mass is 498 g/mol. The second kappa shape index (κ2) is 9.27. The van der Waals surface area contributed by atoms with E-state index in [1.54, 1.807) is 11.3 Å². The molecule has 1 amide bonds. The van der Waals surface area contributed by atoms with Crippen molar-refractivity contribution in [3.05, 3.63) is 71.3 Å². The number of thiazole rings is 1. The van der Waals surface area contributed by atoms with Gasteiger partial charge in [-0.1, -0.05) is 47.7 Å². The molecule has 3 aromatic heterocycles. The van der Waals surface area contributed by atoms with E-state index in [2.05, 4.69) is 63.6 Å². The Kier molecular flexibility index (Phi) is 5.80. The molecule has 5 aromatic rings. The van der Waals surface area contributed by atoms with Crippen LogP contribution in [0.1, 0.15) is 29.5 Å². The molecule has 2 aromatic carbocycles. The van der Waals surface area contributed by atoms with Gasteiger partial charge in [-0.05, 0) is 72.0 Å². The average molecular weight is 499 g/mol. The summed E-state index contributed by atoms with van der Waals surface area (Å²) in [4.78, 5) is 23.0. The zero-order chi connectivity index (χ0) is 24.6. The average Bonchev–Trinajstić information content (AvgIpc) is 3.57. The van der Waals surface area contributed by atoms with Crippen molar-refractivity contribution in [2.75, 3.05) is 22.9 Å². The minimum atomic E-state index is -0.0726. The number of anilines is 2. The van der Waals surface area contributed by atoms with Gasteiger partial charge in [0.15, 0.2) is 16.6 Å². The van der Waals surface area contributed by atoms with Crippen molar-refractivity contribution in [3.63, 3.8) is 0 Å². The van der Waals surface area contributed by atoms with E-state index in [0.29, 0.717) is 12.2 Å². The molecule has 0 radical (unpaired) electrons. The fourth-order valence-corrected chi connectivity index (χ4v) is 5.75. The maximum Gasteiger partial charge on any atom is 0.232 e. The smallest absolute Gasteiger partial charge is 0.232 e. The van der Waals surface area contributed by atoms with Crippen LogP contribution < -0.4 is 9.80 Å². The maximum absolute atomic E-state index is 13.9. The summed E-state index contributed by atoms with van der Waals surface area (Å²) >= 11 is 1.59. The van der Waals surface area contributed by atoms with Crippen LogP contribution >= 0.6 is 11.3 Å². The van der Waals surface area contributed by atoms with Crippen LogP contribution in [0, 0.1) is 19.8 Å². The van der Waals surface area contributed by atoms with E-state index in [0.717, 1.165) is 52.7 Å². The summed E-state index contributed by atoms with van der Waals surface area (Å²) in [7, 11) is 0. The highest BCUT2D eigenvalue weighted by molar-refractivity contribution is 7.22. The lowest BCUT2D eigenvalue weighted by Crippen LogP contribution is -2.43. The molecule has 0 spiro atoms. The zero-order valence-corrected chi connectivity index (χ0v) is 21.0. The summed E-state index contributed by atoms with van der Waals surface area (Å²) in [6, 6.07) is 18.2. The number of aromatic nitrogens is 6. The number of amides is 1. The molecule has 1 fully saturated rings. The Morgan fingerprint density at radius 1 is 1.06 bits per heavy atom. The molecule has 0 aliphatic carbocycles. The number of nitrogens with zero attached hydrogens (tertiary/aromatic N) is 8. The molecule has 0 bridgehead atoms. The summed E-state index contributed by atoms with van der Waals surface area (Å²) in [5, 5.41) is 16.7. The molecule has 1 aliphatic heterocycles. The quantitative estimate of drug-likeness (QED) is 0.359. The van der Waals surface area contributed by atoms with Crippen LogP contribution in [0.4, 0.5) is 10.9 Å². The number of piperidine rings is 1. The van der Waals surface area contributed by atoms with Gasteiger partial charge in [0.2, 0.25) is 5.91 Å². The van der Waals surface area contributed by atoms with Crippen LogP contribution in [-0.2, 0) is 11.3 Å². The largest absolute Gasteiger partial charge is 0.355 e. The molecular weight excluding hydrogens is 472 g/mol. The Bertz CT molecular complexity index is 1540. The fraction of sp³-hybridized carbons (Fsp3) is 0.308. The van der Waals surface area contributed by atoms with E-state index < -0.39 is 0 Å². The third-order valence-corrected chi connectivity index (χ3v) is 8.02. The van der Waals surface area contributed by atoms with Gasteiger partial charge in [0.05, 0.1) is 16.8 Å². The molecule has 0 saturated carbocycles. The van der Waals surface area contributed by atoms with Crippen molar-refractivity contribution in [2.24, 2.45) is 5.92 Å². The first-order chi connectivity index (χ1) is 17.6. The van der Waals surface area contributed by atoms with E-state index in [4.69, 9.17) is 4.98 Å². The highest BCUT2D eigenvalue weighted by atomic mass is 32.1. The highest BCUT2D eigenvalue weighted by Gasteiger charge is 2.31. The lowest BCUT2D eigenvalue weighted by molar-refractivity contribution is -0.123. The number of aryl methyl sites for hydroxylation is 2. The summed E-state index contributed by atoms with van der Waals surface area (Å²) in [6.07, 6.45) is 1.50. The lowest BCUT2D eigenvalue weighted by atomic mass is 9.95. The first kappa shape index (κ1) is 22.5. The van der Waals surface area contributed by atoms with Gasteiger partial charge in [0.1, 0.15) is 0 Å². The second-order valence-corrected chi connectivity index (χ2v) is 10.2. The van der Waals surface area contributed by atoms with E-state index in [9.17, 15) is 4.79 Å². The first-order valence-electron chi connectivity index (χ1n) is 12.1. The molecule has 0 unspecified atom stereocenters. The van der Waals surface area contributed by atoms with Crippen LogP contribution in [0.3, 0.4) is 0 Å². The topological polar surface area (TPSA) is 92.4 Å². The van der Waals surface area contributed by atoms with Crippen molar-refractivity contribution < 1.29 is 4.79 Å². The van der Waals surface area contributed by atoms with Gasteiger partial charge in [0, 0.05) is 19.0 Å². The standard InChI is InChI=1S/C26H26N8OS/c1-17-8-9-21-24(18(17)2)27-26(36-21)33(16-19-6-4-3-5-7-19)25(35)20-12-14-32(15-13-20)23-11-10-22-28-30-31-34(22)29-23/h3-11,20H,12-16H2,1-2H3. The van der Waals surface area contributed by atoms with Crippen LogP contribution in [-0.4, -0.2) is 49.2 Å². The zero-order valence-electron chi connectivity index (χ0n) is 20.2. The number of hydrogen-bond donors (Lipinski definition) is 0. The van der Waals surface area contributed by atoms with Gasteiger partial charge in [0.25, 0.3) is 0 Å². The molecule has 36 heavy (non-hydrogen) atoms. The third-order valence-electron chi connectivity index (χ3n) is 6.98. The molecule has 1 saturated heterocycles. The summed E-state index contributed by atoms with van der Waals surface area (Å²) < 4.78 is 2.54. The summed E-state index contributed by atoms with van der Waals surface area (Å²) in [5.74, 6) is 0.881. The summed E-state index contributed by atoms with van der Waals surface area (Å²) in [5.41, 5.74) is 5.07. The molecular formula is C26H26N8OS. The van der Waals surface area contributed by atoms with Crippen molar-refractivity contribution in [2.45, 2.75) is 33.2 Å². The van der Waals surface area contributed by atoms with Crippen molar-refractivity contribution in [3.8, 4) is 0 Å². The Labute approximate surface area is 212 Å². The number of tetrazole rings is 1. The van der Waals surface area contributed by atoms with E-state index in [-0.39, 0.29) is 11.8 Å². The Morgan fingerprint density at radius 2 is 1.86 bits per heavy atom. The molecule has 6 rings (SSSR count).